The van der Waals surface area contributed by atoms with Gasteiger partial charge in [0.25, 0.3) is 0 Å². The summed E-state index contributed by atoms with van der Waals surface area (Å²) in [4.78, 5) is 15.6. The number of amides is 1. The largest absolute Gasteiger partial charge is 0.382 e. The van der Waals surface area contributed by atoms with Crippen LogP contribution >= 0.6 is 11.6 Å². The maximum absolute atomic E-state index is 11.7. The summed E-state index contributed by atoms with van der Waals surface area (Å²) in [6, 6.07) is 6.55. The molecule has 1 saturated heterocycles. The van der Waals surface area contributed by atoms with E-state index >= 15 is 0 Å². The van der Waals surface area contributed by atoms with Gasteiger partial charge in [-0.3, -0.25) is 9.69 Å². The van der Waals surface area contributed by atoms with E-state index in [0.29, 0.717) is 12.6 Å². The van der Waals surface area contributed by atoms with Gasteiger partial charge in [-0.1, -0.05) is 17.7 Å². The highest BCUT2D eigenvalue weighted by Crippen LogP contribution is 2.22. The molecule has 1 amide bonds. The third-order valence-corrected chi connectivity index (χ3v) is 4.40. The molecule has 0 atom stereocenters. The Kier molecular flexibility index (Phi) is 5.48. The van der Waals surface area contributed by atoms with Gasteiger partial charge >= 0.3 is 0 Å². The summed E-state index contributed by atoms with van der Waals surface area (Å²) in [6.45, 7) is 4.44. The normalized spacial score (nSPS) is 16.8. The zero-order chi connectivity index (χ0) is 15.4. The van der Waals surface area contributed by atoms with Crippen LogP contribution in [-0.2, 0) is 4.79 Å². The van der Waals surface area contributed by atoms with E-state index < -0.39 is 0 Å². The topological polar surface area (TPSA) is 35.6 Å². The number of likely N-dealkylation sites (N-methyl/N-ethyl adjacent to an activating group) is 1. The number of anilines is 1. The zero-order valence-electron chi connectivity index (χ0n) is 13.0. The van der Waals surface area contributed by atoms with E-state index in [0.717, 1.165) is 42.2 Å². The molecule has 1 aromatic rings. The van der Waals surface area contributed by atoms with Crippen molar-refractivity contribution in [3.8, 4) is 0 Å². The molecule has 0 aliphatic carbocycles. The molecule has 0 spiro atoms. The molecule has 1 fully saturated rings. The Bertz CT molecular complexity index is 496. The Balaban J connectivity index is 1.81. The first-order valence-electron chi connectivity index (χ1n) is 7.41. The van der Waals surface area contributed by atoms with Gasteiger partial charge < -0.3 is 10.2 Å². The van der Waals surface area contributed by atoms with E-state index in [1.165, 1.54) is 0 Å². The molecule has 1 aromatic carbocycles. The van der Waals surface area contributed by atoms with Crippen molar-refractivity contribution in [1.29, 1.82) is 0 Å². The zero-order valence-corrected chi connectivity index (χ0v) is 13.8. The summed E-state index contributed by atoms with van der Waals surface area (Å²) in [5.41, 5.74) is 2.17. The van der Waals surface area contributed by atoms with Crippen molar-refractivity contribution in [3.05, 3.63) is 28.8 Å². The predicted octanol–water partition coefficient (Wildman–Crippen LogP) is 2.61. The number of hydrogen-bond donors (Lipinski definition) is 1. The van der Waals surface area contributed by atoms with E-state index in [1.54, 1.807) is 19.0 Å². The Hall–Kier alpha value is -1.26. The average molecular weight is 310 g/mol. The maximum Gasteiger partial charge on any atom is 0.236 e. The van der Waals surface area contributed by atoms with Crippen LogP contribution in [0.3, 0.4) is 0 Å². The summed E-state index contributed by atoms with van der Waals surface area (Å²) in [6.07, 6.45) is 2.10. The molecule has 116 valence electrons. The lowest BCUT2D eigenvalue weighted by Crippen LogP contribution is -2.43. The Morgan fingerprint density at radius 3 is 2.62 bits per heavy atom. The average Bonchev–Trinajstić information content (AvgIpc) is 2.45. The second-order valence-electron chi connectivity index (χ2n) is 5.95. The number of halogens is 1. The number of nitrogens with one attached hydrogen (secondary N) is 1. The van der Waals surface area contributed by atoms with Gasteiger partial charge in [-0.15, -0.1) is 0 Å². The van der Waals surface area contributed by atoms with Crippen LogP contribution in [0.2, 0.25) is 5.02 Å². The number of piperidine rings is 1. The van der Waals surface area contributed by atoms with Crippen LogP contribution in [0.4, 0.5) is 5.69 Å². The van der Waals surface area contributed by atoms with Crippen LogP contribution in [0.15, 0.2) is 18.2 Å². The van der Waals surface area contributed by atoms with Crippen LogP contribution in [0.1, 0.15) is 18.4 Å². The molecule has 1 aliphatic rings. The van der Waals surface area contributed by atoms with E-state index in [4.69, 9.17) is 11.6 Å². The molecule has 0 radical (unpaired) electrons. The first kappa shape index (κ1) is 16.1. The van der Waals surface area contributed by atoms with Crippen molar-refractivity contribution in [2.45, 2.75) is 25.8 Å². The van der Waals surface area contributed by atoms with Crippen molar-refractivity contribution in [2.75, 3.05) is 39.0 Å². The second-order valence-corrected chi connectivity index (χ2v) is 6.35. The van der Waals surface area contributed by atoms with Crippen molar-refractivity contribution in [1.82, 2.24) is 9.80 Å². The number of rotatable bonds is 4. The highest BCUT2D eigenvalue weighted by molar-refractivity contribution is 6.31. The van der Waals surface area contributed by atoms with Gasteiger partial charge in [-0.05, 0) is 37.5 Å². The Morgan fingerprint density at radius 1 is 1.38 bits per heavy atom. The third kappa shape index (κ3) is 4.61. The third-order valence-electron chi connectivity index (χ3n) is 3.99. The van der Waals surface area contributed by atoms with Gasteiger partial charge in [-0.2, -0.15) is 0 Å². The van der Waals surface area contributed by atoms with Gasteiger partial charge in [0.15, 0.2) is 0 Å². The van der Waals surface area contributed by atoms with Crippen molar-refractivity contribution in [3.63, 3.8) is 0 Å². The van der Waals surface area contributed by atoms with Crippen molar-refractivity contribution in [2.24, 2.45) is 0 Å². The van der Waals surface area contributed by atoms with E-state index in [1.807, 2.05) is 19.1 Å². The minimum absolute atomic E-state index is 0.173. The van der Waals surface area contributed by atoms with Crippen LogP contribution in [0.5, 0.6) is 0 Å². The summed E-state index contributed by atoms with van der Waals surface area (Å²) < 4.78 is 0. The molecule has 4 nitrogen and oxygen atoms in total. The minimum Gasteiger partial charge on any atom is -0.382 e. The highest BCUT2D eigenvalue weighted by Gasteiger charge is 2.21. The molecule has 1 N–H and O–H groups in total. The van der Waals surface area contributed by atoms with Crippen LogP contribution in [0, 0.1) is 6.92 Å². The molecule has 2 rings (SSSR count). The number of carbonyl (C=O) groups excluding carboxylic acids is 1. The molecule has 0 bridgehead atoms. The van der Waals surface area contributed by atoms with Gasteiger partial charge in [-0.25, -0.2) is 0 Å². The predicted molar refractivity (Wildman–Crippen MR) is 88.0 cm³/mol. The standard InChI is InChI=1S/C16H24ClN3O/c1-12-4-5-14(10-15(12)17)18-13-6-8-20(9-7-13)11-16(21)19(2)3/h4-5,10,13,18H,6-9,11H2,1-3H3. The first-order valence-corrected chi connectivity index (χ1v) is 7.78. The quantitative estimate of drug-likeness (QED) is 0.928. The van der Waals surface area contributed by atoms with Crippen LogP contribution < -0.4 is 5.32 Å². The van der Waals surface area contributed by atoms with Crippen LogP contribution in [-0.4, -0.2) is 55.5 Å². The van der Waals surface area contributed by atoms with Crippen LogP contribution in [0.25, 0.3) is 0 Å². The molecule has 0 aromatic heterocycles. The monoisotopic (exact) mass is 309 g/mol. The maximum atomic E-state index is 11.7. The van der Waals surface area contributed by atoms with E-state index in [9.17, 15) is 4.79 Å². The molecular weight excluding hydrogens is 286 g/mol. The fourth-order valence-corrected chi connectivity index (χ4v) is 2.67. The fraction of sp³-hybridized carbons (Fsp3) is 0.562. The number of nitrogens with zero attached hydrogens (tertiary/aromatic N) is 2. The first-order chi connectivity index (χ1) is 9.95. The fourth-order valence-electron chi connectivity index (χ4n) is 2.49. The number of carbonyl (C=O) groups is 1. The number of aryl methyl sites for hydroxylation is 1. The van der Waals surface area contributed by atoms with E-state index in [-0.39, 0.29) is 5.91 Å². The molecule has 1 heterocycles. The number of hydrogen-bond acceptors (Lipinski definition) is 3. The lowest BCUT2D eigenvalue weighted by atomic mass is 10.0. The molecule has 0 unspecified atom stereocenters. The molecular formula is C16H24ClN3O. The number of likely N-dealkylation sites (tertiary alicyclic amines) is 1. The Morgan fingerprint density at radius 2 is 2.05 bits per heavy atom. The lowest BCUT2D eigenvalue weighted by molar-refractivity contribution is -0.130. The summed E-state index contributed by atoms with van der Waals surface area (Å²) in [5, 5.41) is 4.34. The Labute approximate surface area is 132 Å². The molecule has 21 heavy (non-hydrogen) atoms. The SMILES string of the molecule is Cc1ccc(NC2CCN(CC(=O)N(C)C)CC2)cc1Cl. The van der Waals surface area contributed by atoms with Gasteiger partial charge in [0.2, 0.25) is 5.91 Å². The highest BCUT2D eigenvalue weighted by atomic mass is 35.5. The summed E-state index contributed by atoms with van der Waals surface area (Å²) >= 11 is 6.15. The smallest absolute Gasteiger partial charge is 0.236 e. The van der Waals surface area contributed by atoms with Crippen molar-refractivity contribution < 1.29 is 4.79 Å². The van der Waals surface area contributed by atoms with E-state index in [2.05, 4.69) is 16.3 Å². The molecule has 5 heteroatoms. The number of benzene rings is 1. The van der Waals surface area contributed by atoms with Crippen molar-refractivity contribution >= 4 is 23.2 Å². The summed E-state index contributed by atoms with van der Waals surface area (Å²) in [7, 11) is 3.61. The molecule has 1 aliphatic heterocycles. The second kappa shape index (κ2) is 7.14. The lowest BCUT2D eigenvalue weighted by Gasteiger charge is -2.33. The van der Waals surface area contributed by atoms with Gasteiger partial charge in [0.1, 0.15) is 0 Å². The van der Waals surface area contributed by atoms with Gasteiger partial charge in [0.05, 0.1) is 6.54 Å². The summed E-state index contributed by atoms with van der Waals surface area (Å²) in [5.74, 6) is 0.173. The molecule has 0 saturated carbocycles. The minimum atomic E-state index is 0.173. The van der Waals surface area contributed by atoms with Gasteiger partial charge in [0, 0.05) is 43.9 Å².